The molecule has 0 spiro atoms. The summed E-state index contributed by atoms with van der Waals surface area (Å²) in [6.45, 7) is 8.40. The molecule has 1 fully saturated rings. The number of fused-ring (bicyclic) bond motifs is 2. The predicted octanol–water partition coefficient (Wildman–Crippen LogP) is 5.80. The van der Waals surface area contributed by atoms with Crippen LogP contribution in [0.5, 0.6) is 5.75 Å². The Bertz CT molecular complexity index is 780. The van der Waals surface area contributed by atoms with Crippen LogP contribution >= 0.6 is 0 Å². The van der Waals surface area contributed by atoms with Gasteiger partial charge in [0.25, 0.3) is 0 Å². The fourth-order valence-corrected chi connectivity index (χ4v) is 4.81. The van der Waals surface area contributed by atoms with E-state index in [-0.39, 0.29) is 6.10 Å². The van der Waals surface area contributed by atoms with Gasteiger partial charge in [0.2, 0.25) is 0 Å². The lowest BCUT2D eigenvalue weighted by Crippen LogP contribution is -2.42. The third-order valence-corrected chi connectivity index (χ3v) is 6.23. The lowest BCUT2D eigenvalue weighted by atomic mass is 9.64. The zero-order valence-electron chi connectivity index (χ0n) is 15.9. The Morgan fingerprint density at radius 2 is 1.73 bits per heavy atom. The van der Waals surface area contributed by atoms with Crippen molar-refractivity contribution in [2.45, 2.75) is 33.5 Å². The molecule has 0 amide bonds. The Morgan fingerprint density at radius 3 is 2.54 bits per heavy atom. The number of ether oxygens (including phenoxy) is 2. The molecule has 1 aliphatic heterocycles. The van der Waals surface area contributed by atoms with E-state index in [1.165, 1.54) is 16.7 Å². The molecule has 2 aromatic carbocycles. The maximum Gasteiger partial charge on any atom is 0.125 e. The highest BCUT2D eigenvalue weighted by Gasteiger charge is 2.44. The summed E-state index contributed by atoms with van der Waals surface area (Å²) < 4.78 is 12.6. The molecule has 0 aromatic heterocycles. The summed E-state index contributed by atoms with van der Waals surface area (Å²) in [6, 6.07) is 18.7. The van der Waals surface area contributed by atoms with Crippen molar-refractivity contribution in [2.75, 3.05) is 6.61 Å². The molecule has 4 rings (SSSR count). The molecule has 1 heterocycles. The van der Waals surface area contributed by atoms with Crippen molar-refractivity contribution >= 4 is 0 Å². The van der Waals surface area contributed by atoms with Crippen molar-refractivity contribution in [3.05, 3.63) is 77.4 Å². The van der Waals surface area contributed by atoms with Crippen LogP contribution in [0.25, 0.3) is 0 Å². The Morgan fingerprint density at radius 1 is 1.00 bits per heavy atom. The number of hydrogen-bond acceptors (Lipinski definition) is 2. The van der Waals surface area contributed by atoms with Gasteiger partial charge in [-0.1, -0.05) is 74.0 Å². The molecule has 1 saturated heterocycles. The maximum absolute atomic E-state index is 6.41. The van der Waals surface area contributed by atoms with E-state index in [2.05, 4.69) is 57.2 Å². The fraction of sp³-hybridized carbons (Fsp3) is 0.417. The molecule has 0 saturated carbocycles. The predicted molar refractivity (Wildman–Crippen MR) is 105 cm³/mol. The molecule has 5 atom stereocenters. The van der Waals surface area contributed by atoms with Gasteiger partial charge in [-0.2, -0.15) is 0 Å². The van der Waals surface area contributed by atoms with E-state index < -0.39 is 0 Å². The summed E-state index contributed by atoms with van der Waals surface area (Å²) >= 11 is 0. The van der Waals surface area contributed by atoms with Crippen LogP contribution in [0.2, 0.25) is 0 Å². The first-order chi connectivity index (χ1) is 12.6. The second-order valence-corrected chi connectivity index (χ2v) is 7.88. The minimum absolute atomic E-state index is 0.0805. The molecule has 2 aliphatic rings. The lowest BCUT2D eigenvalue weighted by molar-refractivity contribution is -0.0942. The van der Waals surface area contributed by atoms with Crippen LogP contribution in [0.1, 0.15) is 38.0 Å². The van der Waals surface area contributed by atoms with Crippen molar-refractivity contribution in [3.8, 4) is 5.75 Å². The van der Waals surface area contributed by atoms with Crippen LogP contribution < -0.4 is 4.74 Å². The molecular formula is C24H28O2. The van der Waals surface area contributed by atoms with Gasteiger partial charge in [0.1, 0.15) is 12.4 Å². The van der Waals surface area contributed by atoms with E-state index >= 15 is 0 Å². The quantitative estimate of drug-likeness (QED) is 0.650. The average Bonchev–Trinajstić information content (AvgIpc) is 2.65. The summed E-state index contributed by atoms with van der Waals surface area (Å²) in [6.07, 6.45) is 2.54. The molecular weight excluding hydrogens is 320 g/mol. The summed E-state index contributed by atoms with van der Waals surface area (Å²) in [7, 11) is 0. The average molecular weight is 348 g/mol. The number of allylic oxidation sites excluding steroid dienone is 1. The summed E-state index contributed by atoms with van der Waals surface area (Å²) in [5.74, 6) is 3.24. The van der Waals surface area contributed by atoms with Gasteiger partial charge >= 0.3 is 0 Å². The molecule has 3 unspecified atom stereocenters. The smallest absolute Gasteiger partial charge is 0.125 e. The summed E-state index contributed by atoms with van der Waals surface area (Å²) in [4.78, 5) is 0. The highest BCUT2D eigenvalue weighted by atomic mass is 16.5. The topological polar surface area (TPSA) is 18.5 Å². The third kappa shape index (κ3) is 3.19. The van der Waals surface area contributed by atoms with Crippen LogP contribution in [0.4, 0.5) is 0 Å². The Kier molecular flexibility index (Phi) is 4.86. The number of rotatable bonds is 4. The first-order valence-electron chi connectivity index (χ1n) is 9.70. The Hall–Kier alpha value is -2.06. The first-order valence-corrected chi connectivity index (χ1v) is 9.70. The number of hydrogen-bond donors (Lipinski definition) is 0. The molecule has 0 N–H and O–H groups in total. The molecule has 2 aromatic rings. The standard InChI is InChI=1S/C24H28O2/c1-16-13-17(2)23-18(3)21(16)15-26-24(23)20-11-7-8-12-22(20)25-14-19-9-5-4-6-10-19/h4-13,16,18,21,23-24H,14-15H2,1-3H3/t16?,18?,21-,23-,24?/m0/s1. The molecule has 2 bridgehead atoms. The fourth-order valence-electron chi connectivity index (χ4n) is 4.81. The van der Waals surface area contributed by atoms with Gasteiger partial charge in [-0.25, -0.2) is 0 Å². The monoisotopic (exact) mass is 348 g/mol. The van der Waals surface area contributed by atoms with Gasteiger partial charge in [-0.15, -0.1) is 0 Å². The second kappa shape index (κ2) is 7.28. The zero-order valence-corrected chi connectivity index (χ0v) is 15.9. The molecule has 1 aliphatic carbocycles. The minimum Gasteiger partial charge on any atom is -0.489 e. The molecule has 2 nitrogen and oxygen atoms in total. The van der Waals surface area contributed by atoms with E-state index in [9.17, 15) is 0 Å². The maximum atomic E-state index is 6.41. The van der Waals surface area contributed by atoms with Crippen LogP contribution in [-0.4, -0.2) is 6.61 Å². The molecule has 136 valence electrons. The SMILES string of the molecule is CC1=CC(C)[C@@H]2COC(c3ccccc3OCc3ccccc3)[C@@H]1C2C. The Balaban J connectivity index is 1.61. The van der Waals surface area contributed by atoms with Gasteiger partial charge in [0.15, 0.2) is 0 Å². The van der Waals surface area contributed by atoms with Gasteiger partial charge in [0.05, 0.1) is 12.7 Å². The van der Waals surface area contributed by atoms with E-state index in [0.29, 0.717) is 30.3 Å². The van der Waals surface area contributed by atoms with Crippen molar-refractivity contribution in [2.24, 2.45) is 23.7 Å². The van der Waals surface area contributed by atoms with Crippen LogP contribution in [0.3, 0.4) is 0 Å². The highest BCUT2D eigenvalue weighted by molar-refractivity contribution is 5.38. The van der Waals surface area contributed by atoms with Crippen LogP contribution in [0.15, 0.2) is 66.2 Å². The van der Waals surface area contributed by atoms with E-state index in [1.807, 2.05) is 24.3 Å². The minimum atomic E-state index is 0.0805. The lowest BCUT2D eigenvalue weighted by Gasteiger charge is -2.47. The zero-order chi connectivity index (χ0) is 18.1. The Labute approximate surface area is 156 Å². The van der Waals surface area contributed by atoms with E-state index in [4.69, 9.17) is 9.47 Å². The van der Waals surface area contributed by atoms with Crippen molar-refractivity contribution in [1.29, 1.82) is 0 Å². The van der Waals surface area contributed by atoms with E-state index in [1.54, 1.807) is 0 Å². The van der Waals surface area contributed by atoms with E-state index in [0.717, 1.165) is 12.4 Å². The van der Waals surface area contributed by atoms with Crippen molar-refractivity contribution < 1.29 is 9.47 Å². The van der Waals surface area contributed by atoms with Crippen LogP contribution in [-0.2, 0) is 11.3 Å². The normalized spacial score (nSPS) is 30.6. The van der Waals surface area contributed by atoms with Gasteiger partial charge in [-0.05, 0) is 36.3 Å². The van der Waals surface area contributed by atoms with Gasteiger partial charge < -0.3 is 9.47 Å². The number of benzene rings is 2. The number of para-hydroxylation sites is 1. The van der Waals surface area contributed by atoms with Crippen LogP contribution in [0, 0.1) is 23.7 Å². The van der Waals surface area contributed by atoms with Gasteiger partial charge in [-0.3, -0.25) is 0 Å². The second-order valence-electron chi connectivity index (χ2n) is 7.88. The summed E-state index contributed by atoms with van der Waals surface area (Å²) in [5.41, 5.74) is 3.83. The van der Waals surface area contributed by atoms with Crippen molar-refractivity contribution in [1.82, 2.24) is 0 Å². The largest absolute Gasteiger partial charge is 0.489 e. The molecule has 0 radical (unpaired) electrons. The summed E-state index contributed by atoms with van der Waals surface area (Å²) in [5, 5.41) is 0. The first kappa shape index (κ1) is 17.4. The molecule has 26 heavy (non-hydrogen) atoms. The van der Waals surface area contributed by atoms with Gasteiger partial charge in [0, 0.05) is 11.5 Å². The molecule has 2 heteroatoms. The highest BCUT2D eigenvalue weighted by Crippen LogP contribution is 2.51. The third-order valence-electron chi connectivity index (χ3n) is 6.23. The van der Waals surface area contributed by atoms with Crippen molar-refractivity contribution in [3.63, 3.8) is 0 Å².